The van der Waals surface area contributed by atoms with Gasteiger partial charge in [-0.3, -0.25) is 4.79 Å². The van der Waals surface area contributed by atoms with Crippen LogP contribution in [0.2, 0.25) is 0 Å². The number of rotatable bonds is 0. The van der Waals surface area contributed by atoms with E-state index in [-0.39, 0.29) is 11.2 Å². The van der Waals surface area contributed by atoms with Crippen LogP contribution in [0.1, 0.15) is 26.5 Å². The maximum atomic E-state index is 11.9. The summed E-state index contributed by atoms with van der Waals surface area (Å²) >= 11 is 0. The van der Waals surface area contributed by atoms with Crippen molar-refractivity contribution in [1.29, 1.82) is 0 Å². The molecule has 0 atom stereocenters. The van der Waals surface area contributed by atoms with Gasteiger partial charge in [-0.05, 0) is 12.1 Å². The Morgan fingerprint density at radius 1 is 1.19 bits per heavy atom. The van der Waals surface area contributed by atoms with Crippen LogP contribution in [0.15, 0.2) is 33.5 Å². The molecule has 0 unspecified atom stereocenters. The SMILES string of the molecule is CC(C)(C)c1oc2ccccc2c(=O)c1O. The zero-order chi connectivity index (χ0) is 11.9. The first-order valence-corrected chi connectivity index (χ1v) is 5.16. The van der Waals surface area contributed by atoms with Crippen LogP contribution in [0.4, 0.5) is 0 Å². The summed E-state index contributed by atoms with van der Waals surface area (Å²) in [4.78, 5) is 11.9. The lowest BCUT2D eigenvalue weighted by Gasteiger charge is -2.18. The lowest BCUT2D eigenvalue weighted by atomic mass is 9.92. The molecule has 0 aliphatic heterocycles. The molecule has 2 rings (SSSR count). The predicted octanol–water partition coefficient (Wildman–Crippen LogP) is 2.80. The van der Waals surface area contributed by atoms with Gasteiger partial charge in [0.1, 0.15) is 5.58 Å². The van der Waals surface area contributed by atoms with E-state index in [1.54, 1.807) is 24.3 Å². The largest absolute Gasteiger partial charge is 0.502 e. The fourth-order valence-electron chi connectivity index (χ4n) is 1.64. The quantitative estimate of drug-likeness (QED) is 0.739. The first-order valence-electron chi connectivity index (χ1n) is 5.16. The molecule has 0 amide bonds. The average Bonchev–Trinajstić information content (AvgIpc) is 2.22. The van der Waals surface area contributed by atoms with Crippen molar-refractivity contribution >= 4 is 11.0 Å². The van der Waals surface area contributed by atoms with Gasteiger partial charge in [0.25, 0.3) is 0 Å². The molecule has 3 nitrogen and oxygen atoms in total. The minimum atomic E-state index is -0.396. The molecule has 0 aliphatic rings. The molecule has 1 heterocycles. The minimum Gasteiger partial charge on any atom is -0.502 e. The van der Waals surface area contributed by atoms with Crippen molar-refractivity contribution in [2.75, 3.05) is 0 Å². The summed E-state index contributed by atoms with van der Waals surface area (Å²) in [5.41, 5.74) is -0.255. The smallest absolute Gasteiger partial charge is 0.234 e. The Labute approximate surface area is 93.3 Å². The third-order valence-corrected chi connectivity index (χ3v) is 2.46. The fourth-order valence-corrected chi connectivity index (χ4v) is 1.64. The number of hydrogen-bond donors (Lipinski definition) is 1. The van der Waals surface area contributed by atoms with E-state index in [2.05, 4.69) is 0 Å². The van der Waals surface area contributed by atoms with Gasteiger partial charge < -0.3 is 9.52 Å². The molecule has 0 fully saturated rings. The van der Waals surface area contributed by atoms with Crippen molar-refractivity contribution in [3.63, 3.8) is 0 Å². The highest BCUT2D eigenvalue weighted by Crippen LogP contribution is 2.30. The molecule has 1 aromatic heterocycles. The Balaban J connectivity index is 2.90. The zero-order valence-corrected chi connectivity index (χ0v) is 9.57. The van der Waals surface area contributed by atoms with E-state index in [0.717, 1.165) is 0 Å². The van der Waals surface area contributed by atoms with Crippen LogP contribution in [0.25, 0.3) is 11.0 Å². The second kappa shape index (κ2) is 3.37. The second-order valence-electron chi connectivity index (χ2n) is 4.86. The van der Waals surface area contributed by atoms with Crippen LogP contribution >= 0.6 is 0 Å². The zero-order valence-electron chi connectivity index (χ0n) is 9.57. The van der Waals surface area contributed by atoms with Gasteiger partial charge in [-0.15, -0.1) is 0 Å². The van der Waals surface area contributed by atoms with Crippen molar-refractivity contribution < 1.29 is 9.52 Å². The first-order chi connectivity index (χ1) is 7.41. The van der Waals surface area contributed by atoms with Crippen LogP contribution in [0.3, 0.4) is 0 Å². The molecule has 3 heteroatoms. The van der Waals surface area contributed by atoms with Gasteiger partial charge >= 0.3 is 0 Å². The monoisotopic (exact) mass is 218 g/mol. The van der Waals surface area contributed by atoms with Crippen LogP contribution in [0.5, 0.6) is 5.75 Å². The lowest BCUT2D eigenvalue weighted by molar-refractivity contribution is 0.362. The van der Waals surface area contributed by atoms with Gasteiger partial charge in [0.15, 0.2) is 5.76 Å². The predicted molar refractivity (Wildman–Crippen MR) is 62.8 cm³/mol. The number of hydrogen-bond acceptors (Lipinski definition) is 3. The topological polar surface area (TPSA) is 50.4 Å². The number of fused-ring (bicyclic) bond motifs is 1. The Morgan fingerprint density at radius 2 is 1.81 bits per heavy atom. The van der Waals surface area contributed by atoms with Gasteiger partial charge in [0.05, 0.1) is 5.39 Å². The number of para-hydroxylation sites is 1. The molecule has 2 aromatic rings. The highest BCUT2D eigenvalue weighted by Gasteiger charge is 2.24. The summed E-state index contributed by atoms with van der Waals surface area (Å²) in [7, 11) is 0. The molecular formula is C13H14O3. The molecule has 0 saturated carbocycles. The van der Waals surface area contributed by atoms with Crippen molar-refractivity contribution in [3.05, 3.63) is 40.2 Å². The standard InChI is InChI=1S/C13H14O3/c1-13(2,3)12-11(15)10(14)8-6-4-5-7-9(8)16-12/h4-7,15H,1-3H3. The van der Waals surface area contributed by atoms with Crippen LogP contribution in [-0.2, 0) is 5.41 Å². The third kappa shape index (κ3) is 1.58. The summed E-state index contributed by atoms with van der Waals surface area (Å²) in [5, 5.41) is 10.2. The van der Waals surface area contributed by atoms with E-state index >= 15 is 0 Å². The summed E-state index contributed by atoms with van der Waals surface area (Å²) in [5.74, 6) is 0.0439. The summed E-state index contributed by atoms with van der Waals surface area (Å²) in [6.07, 6.45) is 0. The number of benzene rings is 1. The van der Waals surface area contributed by atoms with Crippen molar-refractivity contribution in [2.24, 2.45) is 0 Å². The molecule has 1 aromatic carbocycles. The molecular weight excluding hydrogens is 204 g/mol. The minimum absolute atomic E-state index is 0.286. The highest BCUT2D eigenvalue weighted by atomic mass is 16.4. The van der Waals surface area contributed by atoms with E-state index in [9.17, 15) is 9.90 Å². The molecule has 0 spiro atoms. The Bertz CT molecular complexity index is 588. The van der Waals surface area contributed by atoms with Gasteiger partial charge in [0, 0.05) is 5.41 Å². The van der Waals surface area contributed by atoms with Gasteiger partial charge in [0.2, 0.25) is 11.2 Å². The normalized spacial score (nSPS) is 11.9. The Kier molecular flexibility index (Phi) is 2.26. The van der Waals surface area contributed by atoms with E-state index < -0.39 is 5.41 Å². The maximum absolute atomic E-state index is 11.9. The molecule has 1 N–H and O–H groups in total. The molecule has 0 radical (unpaired) electrons. The number of aromatic hydroxyl groups is 1. The van der Waals surface area contributed by atoms with Gasteiger partial charge in [-0.2, -0.15) is 0 Å². The molecule has 16 heavy (non-hydrogen) atoms. The molecule has 84 valence electrons. The third-order valence-electron chi connectivity index (χ3n) is 2.46. The van der Waals surface area contributed by atoms with Crippen molar-refractivity contribution in [1.82, 2.24) is 0 Å². The lowest BCUT2D eigenvalue weighted by Crippen LogP contribution is -2.16. The molecule has 0 saturated heterocycles. The second-order valence-corrected chi connectivity index (χ2v) is 4.86. The van der Waals surface area contributed by atoms with E-state index in [4.69, 9.17) is 4.42 Å². The van der Waals surface area contributed by atoms with Crippen LogP contribution in [0, 0.1) is 0 Å². The first kappa shape index (κ1) is 10.7. The van der Waals surface area contributed by atoms with E-state index in [1.807, 2.05) is 20.8 Å². The summed E-state index contributed by atoms with van der Waals surface area (Å²) in [6, 6.07) is 6.92. The van der Waals surface area contributed by atoms with Crippen molar-refractivity contribution in [2.45, 2.75) is 26.2 Å². The fraction of sp³-hybridized carbons (Fsp3) is 0.308. The molecule has 0 aliphatic carbocycles. The van der Waals surface area contributed by atoms with Crippen LogP contribution < -0.4 is 5.43 Å². The summed E-state index contributed by atoms with van der Waals surface area (Å²) in [6.45, 7) is 5.67. The molecule has 0 bridgehead atoms. The Hall–Kier alpha value is -1.77. The van der Waals surface area contributed by atoms with E-state index in [1.165, 1.54) is 0 Å². The summed E-state index contributed by atoms with van der Waals surface area (Å²) < 4.78 is 5.59. The van der Waals surface area contributed by atoms with Crippen molar-refractivity contribution in [3.8, 4) is 5.75 Å². The van der Waals surface area contributed by atoms with Gasteiger partial charge in [-0.25, -0.2) is 0 Å². The average molecular weight is 218 g/mol. The van der Waals surface area contributed by atoms with E-state index in [0.29, 0.717) is 16.7 Å². The van der Waals surface area contributed by atoms with Gasteiger partial charge in [-0.1, -0.05) is 32.9 Å². The van der Waals surface area contributed by atoms with Crippen LogP contribution in [-0.4, -0.2) is 5.11 Å². The highest BCUT2D eigenvalue weighted by molar-refractivity contribution is 5.77. The maximum Gasteiger partial charge on any atom is 0.234 e. The Morgan fingerprint density at radius 3 is 2.44 bits per heavy atom.